The largest absolute Gasteiger partial charge is 0.496 e. The molecule has 0 saturated heterocycles. The number of rotatable bonds is 3. The van der Waals surface area contributed by atoms with Gasteiger partial charge in [-0.05, 0) is 49.2 Å². The van der Waals surface area contributed by atoms with Crippen LogP contribution in [0.3, 0.4) is 0 Å². The van der Waals surface area contributed by atoms with Gasteiger partial charge < -0.3 is 10.1 Å². The van der Waals surface area contributed by atoms with E-state index in [1.54, 1.807) is 37.6 Å². The number of hydrogen-bond acceptors (Lipinski definition) is 3. The molecule has 5 heteroatoms. The number of nitrogens with zero attached hydrogens (tertiary/aromatic N) is 1. The van der Waals surface area contributed by atoms with E-state index in [9.17, 15) is 4.79 Å². The number of carbonyl (C=O) groups excluding carboxylic acids is 1. The lowest BCUT2D eigenvalue weighted by atomic mass is 10.1. The van der Waals surface area contributed by atoms with Crippen molar-refractivity contribution in [2.75, 3.05) is 12.4 Å². The summed E-state index contributed by atoms with van der Waals surface area (Å²) in [7, 11) is 1.63. The molecule has 0 fully saturated rings. The Morgan fingerprint density at radius 2 is 1.90 bits per heavy atom. The number of pyridine rings is 1. The quantitative estimate of drug-likeness (QED) is 0.930. The number of methoxy groups -OCH3 is 1. The summed E-state index contributed by atoms with van der Waals surface area (Å²) in [5.74, 6) is 1.13. The Labute approximate surface area is 126 Å². The van der Waals surface area contributed by atoms with Crippen LogP contribution >= 0.6 is 15.9 Å². The fourth-order valence-corrected chi connectivity index (χ4v) is 2.40. The van der Waals surface area contributed by atoms with Crippen molar-refractivity contribution in [1.29, 1.82) is 0 Å². The summed E-state index contributed by atoms with van der Waals surface area (Å²) in [5.41, 5.74) is 2.45. The van der Waals surface area contributed by atoms with Gasteiger partial charge in [0.05, 0.1) is 7.11 Å². The molecule has 0 unspecified atom stereocenters. The van der Waals surface area contributed by atoms with Gasteiger partial charge in [0.2, 0.25) is 0 Å². The van der Waals surface area contributed by atoms with E-state index in [1.165, 1.54) is 0 Å². The summed E-state index contributed by atoms with van der Waals surface area (Å²) in [6.07, 6.45) is 1.63. The Morgan fingerprint density at radius 3 is 2.45 bits per heavy atom. The first-order valence-corrected chi connectivity index (χ1v) is 6.88. The van der Waals surface area contributed by atoms with Gasteiger partial charge >= 0.3 is 0 Å². The topological polar surface area (TPSA) is 51.2 Å². The SMILES string of the molecule is COc1c(C)cc(C(=O)Nc2cc(Br)ccn2)cc1C. The van der Waals surface area contributed by atoms with Gasteiger partial charge in [-0.3, -0.25) is 4.79 Å². The van der Waals surface area contributed by atoms with Gasteiger partial charge in [-0.1, -0.05) is 15.9 Å². The minimum atomic E-state index is -0.190. The summed E-state index contributed by atoms with van der Waals surface area (Å²) < 4.78 is 6.16. The number of carbonyl (C=O) groups is 1. The highest BCUT2D eigenvalue weighted by Crippen LogP contribution is 2.24. The van der Waals surface area contributed by atoms with Gasteiger partial charge in [-0.2, -0.15) is 0 Å². The number of amides is 1. The number of benzene rings is 1. The predicted octanol–water partition coefficient (Wildman–Crippen LogP) is 3.72. The van der Waals surface area contributed by atoms with E-state index in [2.05, 4.69) is 26.2 Å². The number of ether oxygens (including phenoxy) is 1. The fraction of sp³-hybridized carbons (Fsp3) is 0.200. The van der Waals surface area contributed by atoms with Crippen LogP contribution < -0.4 is 10.1 Å². The van der Waals surface area contributed by atoms with Crippen molar-refractivity contribution in [3.8, 4) is 5.75 Å². The highest BCUT2D eigenvalue weighted by Gasteiger charge is 2.12. The van der Waals surface area contributed by atoms with Crippen LogP contribution in [-0.2, 0) is 0 Å². The van der Waals surface area contributed by atoms with Crippen molar-refractivity contribution in [3.05, 3.63) is 51.6 Å². The third-order valence-corrected chi connectivity index (χ3v) is 3.38. The van der Waals surface area contributed by atoms with E-state index in [-0.39, 0.29) is 5.91 Å². The average Bonchev–Trinajstić information content (AvgIpc) is 2.38. The Bertz CT molecular complexity index is 633. The maximum absolute atomic E-state index is 12.2. The molecular formula is C15H15BrN2O2. The van der Waals surface area contributed by atoms with Crippen LogP contribution in [0.25, 0.3) is 0 Å². The third-order valence-electron chi connectivity index (χ3n) is 2.89. The molecule has 0 aliphatic heterocycles. The monoisotopic (exact) mass is 334 g/mol. The summed E-state index contributed by atoms with van der Waals surface area (Å²) >= 11 is 3.34. The van der Waals surface area contributed by atoms with Gasteiger partial charge in [0.25, 0.3) is 5.91 Å². The van der Waals surface area contributed by atoms with Gasteiger partial charge in [0.15, 0.2) is 0 Å². The van der Waals surface area contributed by atoms with Crippen LogP contribution in [0.2, 0.25) is 0 Å². The maximum Gasteiger partial charge on any atom is 0.256 e. The Morgan fingerprint density at radius 1 is 1.25 bits per heavy atom. The van der Waals surface area contributed by atoms with Crippen LogP contribution in [-0.4, -0.2) is 18.0 Å². The van der Waals surface area contributed by atoms with Crippen molar-refractivity contribution in [3.63, 3.8) is 0 Å². The third kappa shape index (κ3) is 3.17. The normalized spacial score (nSPS) is 10.2. The van der Waals surface area contributed by atoms with Gasteiger partial charge in [-0.25, -0.2) is 4.98 Å². The molecule has 0 radical (unpaired) electrons. The molecule has 1 amide bonds. The minimum Gasteiger partial charge on any atom is -0.496 e. The zero-order valence-corrected chi connectivity index (χ0v) is 13.1. The lowest BCUT2D eigenvalue weighted by molar-refractivity contribution is 0.102. The number of nitrogens with one attached hydrogen (secondary N) is 1. The zero-order chi connectivity index (χ0) is 14.7. The van der Waals surface area contributed by atoms with Crippen LogP contribution in [0.5, 0.6) is 5.75 Å². The van der Waals surface area contributed by atoms with Crippen molar-refractivity contribution in [2.24, 2.45) is 0 Å². The highest BCUT2D eigenvalue weighted by atomic mass is 79.9. The minimum absolute atomic E-state index is 0.190. The number of halogens is 1. The summed E-state index contributed by atoms with van der Waals surface area (Å²) in [6, 6.07) is 7.16. The molecule has 0 aliphatic carbocycles. The van der Waals surface area contributed by atoms with Crippen molar-refractivity contribution in [2.45, 2.75) is 13.8 Å². The second-order valence-electron chi connectivity index (χ2n) is 4.46. The van der Waals surface area contributed by atoms with Gasteiger partial charge in [-0.15, -0.1) is 0 Å². The second kappa shape index (κ2) is 6.05. The van der Waals surface area contributed by atoms with E-state index in [4.69, 9.17) is 4.74 Å². The van der Waals surface area contributed by atoms with Crippen molar-refractivity contribution >= 4 is 27.7 Å². The van der Waals surface area contributed by atoms with Crippen molar-refractivity contribution in [1.82, 2.24) is 4.98 Å². The molecule has 0 atom stereocenters. The maximum atomic E-state index is 12.2. The summed E-state index contributed by atoms with van der Waals surface area (Å²) in [4.78, 5) is 16.3. The number of hydrogen-bond donors (Lipinski definition) is 1. The molecule has 20 heavy (non-hydrogen) atoms. The standard InChI is InChI=1S/C15H15BrN2O2/c1-9-6-11(7-10(2)14(9)20-3)15(19)18-13-8-12(16)4-5-17-13/h4-8H,1-3H3,(H,17,18,19). The number of aromatic nitrogens is 1. The van der Waals surface area contributed by atoms with E-state index >= 15 is 0 Å². The molecule has 0 bridgehead atoms. The second-order valence-corrected chi connectivity index (χ2v) is 5.37. The molecule has 4 nitrogen and oxygen atoms in total. The van der Waals surface area contributed by atoms with E-state index in [0.29, 0.717) is 11.4 Å². The average molecular weight is 335 g/mol. The zero-order valence-electron chi connectivity index (χ0n) is 11.5. The van der Waals surface area contributed by atoms with Crippen LogP contribution in [0.15, 0.2) is 34.9 Å². The first-order valence-electron chi connectivity index (χ1n) is 6.09. The van der Waals surface area contributed by atoms with Gasteiger partial charge in [0, 0.05) is 16.2 Å². The molecule has 2 rings (SSSR count). The molecule has 0 aliphatic rings. The van der Waals surface area contributed by atoms with Crippen LogP contribution in [0, 0.1) is 13.8 Å². The summed E-state index contributed by atoms with van der Waals surface area (Å²) in [6.45, 7) is 3.83. The molecule has 1 N–H and O–H groups in total. The lowest BCUT2D eigenvalue weighted by Gasteiger charge is -2.11. The predicted molar refractivity (Wildman–Crippen MR) is 82.4 cm³/mol. The molecule has 104 valence electrons. The molecule has 1 aromatic heterocycles. The van der Waals surface area contributed by atoms with Gasteiger partial charge in [0.1, 0.15) is 11.6 Å². The first kappa shape index (κ1) is 14.5. The Kier molecular flexibility index (Phi) is 4.39. The molecule has 1 heterocycles. The smallest absolute Gasteiger partial charge is 0.256 e. The number of anilines is 1. The molecule has 2 aromatic rings. The lowest BCUT2D eigenvalue weighted by Crippen LogP contribution is -2.13. The highest BCUT2D eigenvalue weighted by molar-refractivity contribution is 9.10. The Hall–Kier alpha value is -1.88. The fourth-order valence-electron chi connectivity index (χ4n) is 2.06. The first-order chi connectivity index (χ1) is 9.51. The van der Waals surface area contributed by atoms with Crippen LogP contribution in [0.1, 0.15) is 21.5 Å². The Balaban J connectivity index is 2.26. The molecular weight excluding hydrogens is 320 g/mol. The molecule has 0 saturated carbocycles. The molecule has 1 aromatic carbocycles. The van der Waals surface area contributed by atoms with Crippen molar-refractivity contribution < 1.29 is 9.53 Å². The molecule has 0 spiro atoms. The van der Waals surface area contributed by atoms with E-state index in [0.717, 1.165) is 21.3 Å². The van der Waals surface area contributed by atoms with E-state index in [1.807, 2.05) is 13.8 Å². The number of aryl methyl sites for hydroxylation is 2. The van der Waals surface area contributed by atoms with Crippen LogP contribution in [0.4, 0.5) is 5.82 Å². The summed E-state index contributed by atoms with van der Waals surface area (Å²) in [5, 5.41) is 2.77. The van der Waals surface area contributed by atoms with E-state index < -0.39 is 0 Å².